The molecule has 0 unspecified atom stereocenters. The first-order valence-corrected chi connectivity index (χ1v) is 12.9. The van der Waals surface area contributed by atoms with Crippen LogP contribution in [0.2, 0.25) is 0 Å². The fourth-order valence-corrected chi connectivity index (χ4v) is 4.10. The maximum absolute atomic E-state index is 10.9. The van der Waals surface area contributed by atoms with Crippen LogP contribution in [0, 0.1) is 0 Å². The Morgan fingerprint density at radius 2 is 0.962 bits per heavy atom. The molecule has 0 saturated heterocycles. The van der Waals surface area contributed by atoms with Crippen LogP contribution in [-0.2, 0) is 4.57 Å². The van der Waals surface area contributed by atoms with Crippen LogP contribution in [0.4, 0.5) is 0 Å². The Bertz CT molecular complexity index is 355. The van der Waals surface area contributed by atoms with Crippen molar-refractivity contribution in [3.8, 4) is 0 Å². The quantitative estimate of drug-likeness (QED) is 0.158. The number of hydrogen-bond donors (Lipinski definition) is 2. The fourth-order valence-electron chi connectivity index (χ4n) is 3.55. The Balaban J connectivity index is 3.33. The lowest BCUT2D eigenvalue weighted by molar-refractivity contribution is -0.890. The zero-order chi connectivity index (χ0) is 19.7. The zero-order valence-corrected chi connectivity index (χ0v) is 18.8. The zero-order valence-electron chi connectivity index (χ0n) is 17.9. The number of quaternary nitrogens is 1. The minimum Gasteiger partial charge on any atom is -0.328 e. The third kappa shape index (κ3) is 20.4. The SMILES string of the molecule is CCCCCCCCCCCCCCCC[N+](C)(C)CCCP(=O)(O)O. The minimum absolute atomic E-state index is 0.0212. The first-order valence-electron chi connectivity index (χ1n) is 11.1. The average molecular weight is 393 g/mol. The molecule has 0 aromatic rings. The maximum Gasteiger partial charge on any atom is 0.325 e. The first-order chi connectivity index (χ1) is 12.3. The molecule has 0 atom stereocenters. The van der Waals surface area contributed by atoms with Gasteiger partial charge in [-0.05, 0) is 12.8 Å². The van der Waals surface area contributed by atoms with Crippen LogP contribution in [0.25, 0.3) is 0 Å². The van der Waals surface area contributed by atoms with Crippen molar-refractivity contribution in [2.45, 2.75) is 103 Å². The van der Waals surface area contributed by atoms with E-state index in [1.54, 1.807) is 0 Å². The lowest BCUT2D eigenvalue weighted by Crippen LogP contribution is -2.41. The number of hydrogen-bond acceptors (Lipinski definition) is 1. The van der Waals surface area contributed by atoms with Crippen molar-refractivity contribution < 1.29 is 18.8 Å². The monoisotopic (exact) mass is 392 g/mol. The lowest BCUT2D eigenvalue weighted by Gasteiger charge is -2.30. The topological polar surface area (TPSA) is 57.5 Å². The summed E-state index contributed by atoms with van der Waals surface area (Å²) in [7, 11) is 0.514. The normalized spacial score (nSPS) is 12.7. The van der Waals surface area contributed by atoms with Gasteiger partial charge in [0.2, 0.25) is 0 Å². The summed E-state index contributed by atoms with van der Waals surface area (Å²) in [5.74, 6) is 0. The van der Waals surface area contributed by atoms with Gasteiger partial charge in [0, 0.05) is 6.42 Å². The second-order valence-electron chi connectivity index (χ2n) is 8.72. The third-order valence-corrected chi connectivity index (χ3v) is 6.23. The molecule has 0 aliphatic carbocycles. The van der Waals surface area contributed by atoms with Gasteiger partial charge in [-0.1, -0.05) is 84.0 Å². The van der Waals surface area contributed by atoms with Gasteiger partial charge in [0.25, 0.3) is 0 Å². The molecule has 0 bridgehead atoms. The summed E-state index contributed by atoms with van der Waals surface area (Å²) in [6, 6.07) is 0. The van der Waals surface area contributed by atoms with Gasteiger partial charge in [-0.25, -0.2) is 0 Å². The molecule has 5 heteroatoms. The molecule has 0 radical (unpaired) electrons. The van der Waals surface area contributed by atoms with Crippen LogP contribution in [0.3, 0.4) is 0 Å². The van der Waals surface area contributed by atoms with Crippen molar-refractivity contribution >= 4 is 7.60 Å². The van der Waals surface area contributed by atoms with Crippen molar-refractivity contribution in [2.24, 2.45) is 0 Å². The Morgan fingerprint density at radius 1 is 0.615 bits per heavy atom. The van der Waals surface area contributed by atoms with Crippen molar-refractivity contribution in [1.82, 2.24) is 0 Å². The Kier molecular flexibility index (Phi) is 16.2. The predicted molar refractivity (Wildman–Crippen MR) is 114 cm³/mol. The highest BCUT2D eigenvalue weighted by molar-refractivity contribution is 7.51. The molecule has 0 aromatic carbocycles. The molecule has 0 rings (SSSR count). The molecule has 0 heterocycles. The van der Waals surface area contributed by atoms with Gasteiger partial charge in [0.05, 0.1) is 33.3 Å². The van der Waals surface area contributed by atoms with E-state index in [-0.39, 0.29) is 6.16 Å². The fraction of sp³-hybridized carbons (Fsp3) is 1.00. The molecule has 26 heavy (non-hydrogen) atoms. The van der Waals surface area contributed by atoms with Crippen LogP contribution in [0.5, 0.6) is 0 Å². The molecule has 158 valence electrons. The molecule has 2 N–H and O–H groups in total. The van der Waals surface area contributed by atoms with Crippen molar-refractivity contribution in [2.75, 3.05) is 33.3 Å². The highest BCUT2D eigenvalue weighted by Crippen LogP contribution is 2.35. The Labute approximate surface area is 163 Å². The van der Waals surface area contributed by atoms with Gasteiger partial charge in [-0.3, -0.25) is 4.57 Å². The van der Waals surface area contributed by atoms with Crippen LogP contribution in [0.15, 0.2) is 0 Å². The smallest absolute Gasteiger partial charge is 0.325 e. The van der Waals surface area contributed by atoms with E-state index >= 15 is 0 Å². The van der Waals surface area contributed by atoms with Crippen LogP contribution in [-0.4, -0.2) is 47.6 Å². The number of rotatable bonds is 19. The summed E-state index contributed by atoms with van der Waals surface area (Å²) < 4.78 is 11.8. The summed E-state index contributed by atoms with van der Waals surface area (Å²) in [5.41, 5.74) is 0. The Morgan fingerprint density at radius 3 is 1.35 bits per heavy atom. The summed E-state index contributed by atoms with van der Waals surface area (Å²) in [6.07, 6.45) is 19.9. The van der Waals surface area contributed by atoms with Crippen LogP contribution in [0.1, 0.15) is 103 Å². The van der Waals surface area contributed by atoms with Gasteiger partial charge in [0.1, 0.15) is 0 Å². The van der Waals surface area contributed by atoms with E-state index in [4.69, 9.17) is 9.79 Å². The van der Waals surface area contributed by atoms with Crippen molar-refractivity contribution in [3.63, 3.8) is 0 Å². The van der Waals surface area contributed by atoms with Crippen molar-refractivity contribution in [1.29, 1.82) is 0 Å². The van der Waals surface area contributed by atoms with Crippen molar-refractivity contribution in [3.05, 3.63) is 0 Å². The van der Waals surface area contributed by atoms with E-state index in [0.29, 0.717) is 6.42 Å². The van der Waals surface area contributed by atoms with E-state index in [9.17, 15) is 4.57 Å². The molecule has 4 nitrogen and oxygen atoms in total. The average Bonchev–Trinajstić information content (AvgIpc) is 2.53. The molecule has 0 spiro atoms. The van der Waals surface area contributed by atoms with Crippen LogP contribution >= 0.6 is 7.60 Å². The predicted octanol–water partition coefficient (Wildman–Crippen LogP) is 6.11. The second-order valence-corrected chi connectivity index (χ2v) is 10.5. The van der Waals surface area contributed by atoms with Gasteiger partial charge >= 0.3 is 7.60 Å². The van der Waals surface area contributed by atoms with Gasteiger partial charge in [-0.2, -0.15) is 0 Å². The van der Waals surface area contributed by atoms with Gasteiger partial charge in [0.15, 0.2) is 0 Å². The molecule has 0 saturated carbocycles. The summed E-state index contributed by atoms with van der Waals surface area (Å²) in [4.78, 5) is 17.9. The minimum atomic E-state index is -3.82. The lowest BCUT2D eigenvalue weighted by atomic mass is 10.0. The molecule has 0 aliphatic heterocycles. The maximum atomic E-state index is 10.9. The van der Waals surface area contributed by atoms with E-state index in [1.165, 1.54) is 89.9 Å². The third-order valence-electron chi connectivity index (χ3n) is 5.33. The first kappa shape index (κ1) is 26.1. The van der Waals surface area contributed by atoms with E-state index in [1.807, 2.05) is 0 Å². The van der Waals surface area contributed by atoms with E-state index in [2.05, 4.69) is 21.0 Å². The molecular formula is C21H47NO3P+. The molecule has 0 amide bonds. The van der Waals surface area contributed by atoms with Crippen LogP contribution < -0.4 is 0 Å². The second kappa shape index (κ2) is 16.1. The largest absolute Gasteiger partial charge is 0.328 e. The Hall–Kier alpha value is 0.110. The molecular weight excluding hydrogens is 345 g/mol. The highest BCUT2D eigenvalue weighted by Gasteiger charge is 2.18. The summed E-state index contributed by atoms with van der Waals surface area (Å²) in [6.45, 7) is 4.23. The van der Waals surface area contributed by atoms with E-state index in [0.717, 1.165) is 17.6 Å². The standard InChI is InChI=1S/C21H46NO3P/c1-4-5-6-7-8-9-10-11-12-13-14-15-16-17-19-22(2,3)20-18-21-26(23,24)25/h4-21H2,1-3H3,(H-,23,24,25)/p+1. The summed E-state index contributed by atoms with van der Waals surface area (Å²) >= 11 is 0. The highest BCUT2D eigenvalue weighted by atomic mass is 31.2. The molecule has 0 aromatic heterocycles. The van der Waals surface area contributed by atoms with Gasteiger partial charge in [-0.15, -0.1) is 0 Å². The molecule has 0 aliphatic rings. The van der Waals surface area contributed by atoms with E-state index < -0.39 is 7.60 Å². The summed E-state index contributed by atoms with van der Waals surface area (Å²) in [5, 5.41) is 0. The number of nitrogens with zero attached hydrogens (tertiary/aromatic N) is 1. The van der Waals surface area contributed by atoms with Gasteiger partial charge < -0.3 is 14.3 Å². The number of unbranched alkanes of at least 4 members (excludes halogenated alkanes) is 13. The molecule has 0 fully saturated rings.